The molecule has 0 bridgehead atoms. The smallest absolute Gasteiger partial charge is 0.315 e. The Kier molecular flexibility index (Phi) is 6.47. The summed E-state index contributed by atoms with van der Waals surface area (Å²) in [5.41, 5.74) is -0.606. The maximum absolute atomic E-state index is 12.4. The van der Waals surface area contributed by atoms with Crippen LogP contribution in [0.1, 0.15) is 50.8 Å². The van der Waals surface area contributed by atoms with Gasteiger partial charge >= 0.3 is 6.03 Å². The number of carbonyl (C=O) groups is 1. The number of aliphatic hydroxyl groups is 1. The molecule has 2 amide bonds. The second-order valence-electron chi connectivity index (χ2n) is 6.53. The zero-order valence-corrected chi connectivity index (χ0v) is 14.0. The molecular weight excluding hydrogens is 296 g/mol. The van der Waals surface area contributed by atoms with Crippen molar-refractivity contribution in [1.82, 2.24) is 10.6 Å². The summed E-state index contributed by atoms with van der Waals surface area (Å²) in [7, 11) is 1.58. The van der Waals surface area contributed by atoms with Crippen molar-refractivity contribution in [1.29, 1.82) is 0 Å². The van der Waals surface area contributed by atoms with Gasteiger partial charge in [0, 0.05) is 7.11 Å². The third-order valence-electron chi connectivity index (χ3n) is 4.76. The molecule has 2 rings (SSSR count). The van der Waals surface area contributed by atoms with Crippen molar-refractivity contribution in [2.24, 2.45) is 5.92 Å². The molecule has 1 aromatic rings. The van der Waals surface area contributed by atoms with Gasteiger partial charge in [0.2, 0.25) is 0 Å². The topological polar surface area (TPSA) is 83.7 Å². The highest BCUT2D eigenvalue weighted by molar-refractivity contribution is 5.75. The molecule has 1 aliphatic rings. The van der Waals surface area contributed by atoms with E-state index in [9.17, 15) is 9.90 Å². The lowest BCUT2D eigenvalue weighted by atomic mass is 9.76. The molecule has 23 heavy (non-hydrogen) atoms. The van der Waals surface area contributed by atoms with Crippen LogP contribution in [0.2, 0.25) is 0 Å². The van der Waals surface area contributed by atoms with Gasteiger partial charge in [0.25, 0.3) is 0 Å². The average Bonchev–Trinajstić information content (AvgIpc) is 3.09. The minimum Gasteiger partial charge on any atom is -0.467 e. The van der Waals surface area contributed by atoms with Crippen LogP contribution in [0, 0.1) is 5.92 Å². The molecule has 130 valence electrons. The molecule has 1 heterocycles. The van der Waals surface area contributed by atoms with Crippen LogP contribution in [-0.2, 0) is 4.74 Å². The highest BCUT2D eigenvalue weighted by atomic mass is 16.5. The van der Waals surface area contributed by atoms with Gasteiger partial charge < -0.3 is 24.9 Å². The monoisotopic (exact) mass is 324 g/mol. The number of amides is 2. The molecule has 1 aliphatic carbocycles. The highest BCUT2D eigenvalue weighted by Gasteiger charge is 2.36. The molecule has 1 aromatic heterocycles. The number of carbonyl (C=O) groups excluding carboxylic acids is 1. The van der Waals surface area contributed by atoms with Crippen LogP contribution in [0.4, 0.5) is 4.79 Å². The van der Waals surface area contributed by atoms with Crippen LogP contribution in [0.15, 0.2) is 22.8 Å². The normalized spacial score (nSPS) is 19.8. The summed E-state index contributed by atoms with van der Waals surface area (Å²) in [4.78, 5) is 12.4. The third-order valence-corrected chi connectivity index (χ3v) is 4.76. The van der Waals surface area contributed by atoms with Crippen LogP contribution in [0.25, 0.3) is 0 Å². The van der Waals surface area contributed by atoms with E-state index in [1.165, 1.54) is 6.42 Å². The number of ether oxygens (including phenoxy) is 1. The maximum Gasteiger partial charge on any atom is 0.315 e. The molecule has 3 N–H and O–H groups in total. The van der Waals surface area contributed by atoms with E-state index in [1.807, 2.05) is 6.92 Å². The predicted octanol–water partition coefficient (Wildman–Crippen LogP) is 2.60. The second-order valence-corrected chi connectivity index (χ2v) is 6.53. The van der Waals surface area contributed by atoms with E-state index in [0.29, 0.717) is 18.3 Å². The van der Waals surface area contributed by atoms with Crippen LogP contribution < -0.4 is 10.6 Å². The average molecular weight is 324 g/mol. The van der Waals surface area contributed by atoms with E-state index in [1.54, 1.807) is 25.5 Å². The summed E-state index contributed by atoms with van der Waals surface area (Å²) in [5.74, 6) is 0.946. The Balaban J connectivity index is 1.97. The minimum atomic E-state index is -0.606. The number of nitrogens with one attached hydrogen (secondary N) is 2. The molecule has 6 heteroatoms. The summed E-state index contributed by atoms with van der Waals surface area (Å²) in [5, 5.41) is 15.7. The van der Waals surface area contributed by atoms with Crippen molar-refractivity contribution in [2.75, 3.05) is 20.3 Å². The highest BCUT2D eigenvalue weighted by Crippen LogP contribution is 2.32. The van der Waals surface area contributed by atoms with Crippen LogP contribution in [0.3, 0.4) is 0 Å². The van der Waals surface area contributed by atoms with Crippen molar-refractivity contribution < 1.29 is 19.1 Å². The van der Waals surface area contributed by atoms with Crippen molar-refractivity contribution in [2.45, 2.75) is 50.6 Å². The van der Waals surface area contributed by atoms with Gasteiger partial charge in [-0.2, -0.15) is 0 Å². The van der Waals surface area contributed by atoms with Gasteiger partial charge in [-0.15, -0.1) is 0 Å². The first-order valence-corrected chi connectivity index (χ1v) is 8.31. The predicted molar refractivity (Wildman–Crippen MR) is 87.1 cm³/mol. The lowest BCUT2D eigenvalue weighted by Crippen LogP contribution is -2.57. The molecule has 0 aromatic carbocycles. The molecule has 0 spiro atoms. The first-order chi connectivity index (χ1) is 11.1. The van der Waals surface area contributed by atoms with Crippen molar-refractivity contribution in [3.05, 3.63) is 24.2 Å². The fourth-order valence-electron chi connectivity index (χ4n) is 3.32. The summed E-state index contributed by atoms with van der Waals surface area (Å²) in [6.45, 7) is 2.17. The van der Waals surface area contributed by atoms with Gasteiger partial charge in [0.15, 0.2) is 0 Å². The van der Waals surface area contributed by atoms with Crippen LogP contribution in [0.5, 0.6) is 0 Å². The number of furan rings is 1. The molecular formula is C17H28N2O4. The van der Waals surface area contributed by atoms with Gasteiger partial charge in [-0.25, -0.2) is 4.79 Å². The third kappa shape index (κ3) is 4.72. The van der Waals surface area contributed by atoms with E-state index in [2.05, 4.69) is 10.6 Å². The Hall–Kier alpha value is -1.53. The van der Waals surface area contributed by atoms with Crippen molar-refractivity contribution in [3.8, 4) is 0 Å². The van der Waals surface area contributed by atoms with E-state index in [4.69, 9.17) is 9.15 Å². The molecule has 2 atom stereocenters. The van der Waals surface area contributed by atoms with E-state index in [-0.39, 0.29) is 18.7 Å². The fraction of sp³-hybridized carbons (Fsp3) is 0.706. The Morgan fingerprint density at radius 3 is 2.78 bits per heavy atom. The van der Waals surface area contributed by atoms with Crippen molar-refractivity contribution >= 4 is 6.03 Å². The number of rotatable bonds is 7. The van der Waals surface area contributed by atoms with E-state index >= 15 is 0 Å². The molecule has 1 fully saturated rings. The van der Waals surface area contributed by atoms with Gasteiger partial charge in [0.05, 0.1) is 25.0 Å². The summed E-state index contributed by atoms with van der Waals surface area (Å²) in [6, 6.07) is 2.91. The number of hydrogen-bond acceptors (Lipinski definition) is 4. The first kappa shape index (κ1) is 17.8. The SMILES string of the molecule is COCC(NC(=O)NC(C)(CO)C1CCCCC1)c1ccco1. The molecule has 0 saturated heterocycles. The lowest BCUT2D eigenvalue weighted by Gasteiger charge is -2.39. The van der Waals surface area contributed by atoms with Gasteiger partial charge in [-0.3, -0.25) is 0 Å². The number of aliphatic hydroxyl groups excluding tert-OH is 1. The fourth-order valence-corrected chi connectivity index (χ4v) is 3.32. The lowest BCUT2D eigenvalue weighted by molar-refractivity contribution is 0.0982. The van der Waals surface area contributed by atoms with Crippen LogP contribution >= 0.6 is 0 Å². The Labute approximate surface area is 137 Å². The van der Waals surface area contributed by atoms with Crippen LogP contribution in [-0.4, -0.2) is 37.0 Å². The maximum atomic E-state index is 12.4. The van der Waals surface area contributed by atoms with E-state index in [0.717, 1.165) is 25.7 Å². The molecule has 0 aliphatic heterocycles. The van der Waals surface area contributed by atoms with E-state index < -0.39 is 5.54 Å². The number of methoxy groups -OCH3 is 1. The number of hydrogen-bond donors (Lipinski definition) is 3. The zero-order valence-electron chi connectivity index (χ0n) is 14.0. The quantitative estimate of drug-likeness (QED) is 0.720. The van der Waals surface area contributed by atoms with Gasteiger partial charge in [0.1, 0.15) is 11.8 Å². The first-order valence-electron chi connectivity index (χ1n) is 8.31. The summed E-state index contributed by atoms with van der Waals surface area (Å²) >= 11 is 0. The molecule has 1 saturated carbocycles. The summed E-state index contributed by atoms with van der Waals surface area (Å²) in [6.07, 6.45) is 7.19. The van der Waals surface area contributed by atoms with Gasteiger partial charge in [-0.1, -0.05) is 19.3 Å². The Morgan fingerprint density at radius 1 is 1.48 bits per heavy atom. The van der Waals surface area contributed by atoms with Gasteiger partial charge in [-0.05, 0) is 37.8 Å². The molecule has 0 radical (unpaired) electrons. The molecule has 6 nitrogen and oxygen atoms in total. The zero-order chi connectivity index (χ0) is 16.7. The number of urea groups is 1. The van der Waals surface area contributed by atoms with Crippen molar-refractivity contribution in [3.63, 3.8) is 0 Å². The standard InChI is InChI=1S/C17H28N2O4/c1-17(12-20,13-7-4-3-5-8-13)19-16(21)18-14(11-22-2)15-9-6-10-23-15/h6,9-10,13-14,20H,3-5,7-8,11-12H2,1-2H3,(H2,18,19,21). The largest absolute Gasteiger partial charge is 0.467 e. The second kappa shape index (κ2) is 8.36. The summed E-state index contributed by atoms with van der Waals surface area (Å²) < 4.78 is 10.5. The minimum absolute atomic E-state index is 0.0687. The Bertz CT molecular complexity index is 471. The molecule has 2 unspecified atom stereocenters. The Morgan fingerprint density at radius 2 is 2.22 bits per heavy atom.